The number of nitrogens with zero attached hydrogens (tertiary/aromatic N) is 1. The molecule has 1 heterocycles. The first-order chi connectivity index (χ1) is 15.5. The van der Waals surface area contributed by atoms with Gasteiger partial charge in [-0.25, -0.2) is 0 Å². The number of primary amides is 1. The van der Waals surface area contributed by atoms with E-state index in [-0.39, 0.29) is 17.5 Å². The monoisotopic (exact) mass is 430 g/mol. The Hall–Kier alpha value is -3.71. The Morgan fingerprint density at radius 2 is 1.94 bits per heavy atom. The highest BCUT2D eigenvalue weighted by Crippen LogP contribution is 2.30. The minimum atomic E-state index is -0.570. The van der Waals surface area contributed by atoms with Gasteiger partial charge >= 0.3 is 0 Å². The van der Waals surface area contributed by atoms with Crippen LogP contribution in [0.3, 0.4) is 0 Å². The summed E-state index contributed by atoms with van der Waals surface area (Å²) in [7, 11) is 0. The number of hydrogen-bond donors (Lipinski definition) is 3. The summed E-state index contributed by atoms with van der Waals surface area (Å²) in [6, 6.07) is 17.0. The standard InChI is InChI=1S/C25H26N4O3/c26-14-16-2-1-3-21(10-16)29-25(31)19-5-4-18-6-7-22(13-20(18)12-19)32-15-17-8-9-28-23(11-17)24(27)30/h1-3,6-11,13,19H,4-5,12,14-15,26H2,(H2,27,30)(H,29,31). The van der Waals surface area contributed by atoms with Gasteiger partial charge in [0.15, 0.2) is 0 Å². The number of hydrogen-bond acceptors (Lipinski definition) is 5. The lowest BCUT2D eigenvalue weighted by Crippen LogP contribution is -2.28. The minimum absolute atomic E-state index is 0.0203. The van der Waals surface area contributed by atoms with Gasteiger partial charge in [-0.15, -0.1) is 0 Å². The van der Waals surface area contributed by atoms with Crippen molar-refractivity contribution in [3.05, 3.63) is 88.7 Å². The summed E-state index contributed by atoms with van der Waals surface area (Å²) in [6.07, 6.45) is 3.86. The van der Waals surface area contributed by atoms with Gasteiger partial charge in [-0.2, -0.15) is 0 Å². The van der Waals surface area contributed by atoms with Crippen LogP contribution in [0, 0.1) is 5.92 Å². The van der Waals surface area contributed by atoms with Crippen molar-refractivity contribution < 1.29 is 14.3 Å². The SMILES string of the molecule is NCc1cccc(NC(=O)C2CCc3ccc(OCc4ccnc(C(N)=O)c4)cc3C2)c1. The molecule has 5 N–H and O–H groups in total. The van der Waals surface area contributed by atoms with E-state index in [4.69, 9.17) is 16.2 Å². The van der Waals surface area contributed by atoms with Gasteiger partial charge in [-0.1, -0.05) is 18.2 Å². The van der Waals surface area contributed by atoms with Gasteiger partial charge in [0.25, 0.3) is 5.91 Å². The molecule has 164 valence electrons. The highest BCUT2D eigenvalue weighted by atomic mass is 16.5. The van der Waals surface area contributed by atoms with Gasteiger partial charge in [0.2, 0.25) is 5.91 Å². The van der Waals surface area contributed by atoms with Crippen LogP contribution in [0.15, 0.2) is 60.8 Å². The molecule has 1 atom stereocenters. The quantitative estimate of drug-likeness (QED) is 0.532. The number of benzene rings is 2. The Kier molecular flexibility index (Phi) is 6.47. The Bertz CT molecular complexity index is 1150. The Labute approximate surface area is 186 Å². The zero-order chi connectivity index (χ0) is 22.5. The van der Waals surface area contributed by atoms with Crippen LogP contribution < -0.4 is 21.5 Å². The van der Waals surface area contributed by atoms with Gasteiger partial charge in [0.1, 0.15) is 18.1 Å². The van der Waals surface area contributed by atoms with Gasteiger partial charge in [0.05, 0.1) is 0 Å². The molecule has 0 saturated heterocycles. The second kappa shape index (κ2) is 9.62. The summed E-state index contributed by atoms with van der Waals surface area (Å²) in [5.41, 5.74) is 16.1. The number of pyridine rings is 1. The molecule has 2 amide bonds. The van der Waals surface area contributed by atoms with Crippen LogP contribution in [0.4, 0.5) is 5.69 Å². The van der Waals surface area contributed by atoms with Crippen LogP contribution >= 0.6 is 0 Å². The van der Waals surface area contributed by atoms with E-state index in [1.165, 1.54) is 11.8 Å². The van der Waals surface area contributed by atoms with Crippen LogP contribution in [0.25, 0.3) is 0 Å². The molecule has 0 radical (unpaired) electrons. The van der Waals surface area contributed by atoms with Gasteiger partial charge in [-0.3, -0.25) is 14.6 Å². The molecule has 7 nitrogen and oxygen atoms in total. The fraction of sp³-hybridized carbons (Fsp3) is 0.240. The van der Waals surface area contributed by atoms with E-state index < -0.39 is 5.91 Å². The minimum Gasteiger partial charge on any atom is -0.489 e. The molecule has 4 rings (SSSR count). The van der Waals surface area contributed by atoms with E-state index in [0.29, 0.717) is 19.6 Å². The lowest BCUT2D eigenvalue weighted by molar-refractivity contribution is -0.120. The van der Waals surface area contributed by atoms with E-state index in [1.807, 2.05) is 36.4 Å². The molecule has 0 fully saturated rings. The van der Waals surface area contributed by atoms with Crippen LogP contribution in [0.1, 0.15) is 39.2 Å². The van der Waals surface area contributed by atoms with Crippen LogP contribution in [-0.2, 0) is 30.8 Å². The van der Waals surface area contributed by atoms with Crippen molar-refractivity contribution in [2.45, 2.75) is 32.4 Å². The third-order valence-electron chi connectivity index (χ3n) is 5.69. The molecule has 2 aromatic carbocycles. The number of ether oxygens (including phenoxy) is 1. The Morgan fingerprint density at radius 1 is 1.06 bits per heavy atom. The molecule has 0 spiro atoms. The topological polar surface area (TPSA) is 120 Å². The summed E-state index contributed by atoms with van der Waals surface area (Å²) >= 11 is 0. The van der Waals surface area contributed by atoms with Crippen LogP contribution in [-0.4, -0.2) is 16.8 Å². The van der Waals surface area contributed by atoms with Crippen molar-refractivity contribution in [3.63, 3.8) is 0 Å². The largest absolute Gasteiger partial charge is 0.489 e. The summed E-state index contributed by atoms with van der Waals surface area (Å²) in [5.74, 6) is 0.0714. The fourth-order valence-corrected chi connectivity index (χ4v) is 3.93. The number of aryl methyl sites for hydroxylation is 1. The second-order valence-corrected chi connectivity index (χ2v) is 7.97. The zero-order valence-electron chi connectivity index (χ0n) is 17.7. The Balaban J connectivity index is 1.40. The average molecular weight is 431 g/mol. The first-order valence-electron chi connectivity index (χ1n) is 10.6. The zero-order valence-corrected chi connectivity index (χ0v) is 17.7. The third kappa shape index (κ3) is 5.12. The summed E-state index contributed by atoms with van der Waals surface area (Å²) in [4.78, 5) is 28.1. The maximum atomic E-state index is 12.8. The number of anilines is 1. The summed E-state index contributed by atoms with van der Waals surface area (Å²) in [6.45, 7) is 0.732. The third-order valence-corrected chi connectivity index (χ3v) is 5.69. The smallest absolute Gasteiger partial charge is 0.267 e. The average Bonchev–Trinajstić information content (AvgIpc) is 2.82. The molecular formula is C25H26N4O3. The molecular weight excluding hydrogens is 404 g/mol. The lowest BCUT2D eigenvalue weighted by atomic mass is 9.83. The summed E-state index contributed by atoms with van der Waals surface area (Å²) < 4.78 is 5.92. The number of fused-ring (bicyclic) bond motifs is 1. The number of nitrogens with one attached hydrogen (secondary N) is 1. The maximum Gasteiger partial charge on any atom is 0.267 e. The van der Waals surface area contributed by atoms with Crippen molar-refractivity contribution in [2.24, 2.45) is 17.4 Å². The first-order valence-corrected chi connectivity index (χ1v) is 10.6. The molecule has 1 aromatic heterocycles. The van der Waals surface area contributed by atoms with Gasteiger partial charge in [0, 0.05) is 24.3 Å². The van der Waals surface area contributed by atoms with Crippen LogP contribution in [0.2, 0.25) is 0 Å². The predicted octanol–water partition coefficient (Wildman–Crippen LogP) is 2.96. The number of amides is 2. The van der Waals surface area contributed by atoms with E-state index in [2.05, 4.69) is 16.4 Å². The number of aromatic nitrogens is 1. The normalized spacial score (nSPS) is 15.0. The first kappa shape index (κ1) is 21.5. The number of carbonyl (C=O) groups excluding carboxylic acids is 2. The summed E-state index contributed by atoms with van der Waals surface area (Å²) in [5, 5.41) is 3.02. The number of carbonyl (C=O) groups is 2. The molecule has 0 saturated carbocycles. The highest BCUT2D eigenvalue weighted by Gasteiger charge is 2.25. The van der Waals surface area contributed by atoms with Crippen molar-refractivity contribution in [2.75, 3.05) is 5.32 Å². The van der Waals surface area contributed by atoms with Crippen molar-refractivity contribution in [1.29, 1.82) is 0 Å². The van der Waals surface area contributed by atoms with Crippen molar-refractivity contribution >= 4 is 17.5 Å². The van der Waals surface area contributed by atoms with Gasteiger partial charge in [-0.05, 0) is 77.9 Å². The molecule has 0 bridgehead atoms. The fourth-order valence-electron chi connectivity index (χ4n) is 3.93. The molecule has 32 heavy (non-hydrogen) atoms. The maximum absolute atomic E-state index is 12.8. The van der Waals surface area contributed by atoms with Gasteiger partial charge < -0.3 is 21.5 Å². The lowest BCUT2D eigenvalue weighted by Gasteiger charge is -2.24. The van der Waals surface area contributed by atoms with Crippen LogP contribution in [0.5, 0.6) is 5.75 Å². The highest BCUT2D eigenvalue weighted by molar-refractivity contribution is 5.93. The van der Waals surface area contributed by atoms with E-state index >= 15 is 0 Å². The molecule has 1 unspecified atom stereocenters. The molecule has 1 aliphatic carbocycles. The van der Waals surface area contributed by atoms with E-state index in [1.54, 1.807) is 12.1 Å². The van der Waals surface area contributed by atoms with E-state index in [9.17, 15) is 9.59 Å². The molecule has 1 aliphatic rings. The van der Waals surface area contributed by atoms with E-state index in [0.717, 1.165) is 41.0 Å². The molecule has 7 heteroatoms. The number of nitrogens with two attached hydrogens (primary N) is 2. The predicted molar refractivity (Wildman–Crippen MR) is 122 cm³/mol. The molecule has 0 aliphatic heterocycles. The number of rotatable bonds is 7. The second-order valence-electron chi connectivity index (χ2n) is 7.97. The van der Waals surface area contributed by atoms with Crippen molar-refractivity contribution in [1.82, 2.24) is 4.98 Å². The van der Waals surface area contributed by atoms with Crippen molar-refractivity contribution in [3.8, 4) is 5.75 Å². The molecule has 3 aromatic rings. The Morgan fingerprint density at radius 3 is 2.75 bits per heavy atom.